The first kappa shape index (κ1) is 31.4. The molecule has 1 saturated carbocycles. The van der Waals surface area contributed by atoms with Crippen molar-refractivity contribution in [2.45, 2.75) is 30.6 Å². The van der Waals surface area contributed by atoms with E-state index < -0.39 is 15.8 Å². The highest BCUT2D eigenvalue weighted by Crippen LogP contribution is 2.60. The van der Waals surface area contributed by atoms with Crippen molar-refractivity contribution >= 4 is 59.8 Å². The summed E-state index contributed by atoms with van der Waals surface area (Å²) in [7, 11) is 16.3. The third kappa shape index (κ3) is 6.43. The lowest BCUT2D eigenvalue weighted by Crippen LogP contribution is -2.36. The van der Waals surface area contributed by atoms with Gasteiger partial charge in [0.1, 0.15) is 0 Å². The molecule has 6 heteroatoms. The standard InChI is InChI=1S/C37H48N4P2/c1-38(2)28-18-9-13-22-32(28)42(33-23-14-10-19-29(33)39(3)4)36-26-17-27-37(36)43(34-24-15-11-20-30(34)40(5)6)35-25-16-12-21-31(35)41(7)8/h9-16,18-25,36-37H,17,26-27H2,1-8H3/t36-,37-/m0/s1. The van der Waals surface area contributed by atoms with Crippen LogP contribution in [0.4, 0.5) is 22.7 Å². The summed E-state index contributed by atoms with van der Waals surface area (Å²) in [6.07, 6.45) is 3.79. The van der Waals surface area contributed by atoms with Crippen molar-refractivity contribution in [1.82, 2.24) is 0 Å². The molecule has 0 amide bonds. The highest BCUT2D eigenvalue weighted by molar-refractivity contribution is 7.78. The van der Waals surface area contributed by atoms with Crippen molar-refractivity contribution in [2.75, 3.05) is 76.0 Å². The first-order valence-corrected chi connectivity index (χ1v) is 18.2. The summed E-state index contributed by atoms with van der Waals surface area (Å²) in [6.45, 7) is 0. The van der Waals surface area contributed by atoms with Gasteiger partial charge in [-0.05, 0) is 64.3 Å². The Hall–Kier alpha value is -3.06. The molecule has 1 aliphatic carbocycles. The van der Waals surface area contributed by atoms with Crippen LogP contribution in [-0.2, 0) is 0 Å². The zero-order chi connectivity index (χ0) is 30.7. The topological polar surface area (TPSA) is 13.0 Å². The Bertz CT molecular complexity index is 1300. The van der Waals surface area contributed by atoms with Crippen LogP contribution in [0.15, 0.2) is 97.1 Å². The number of anilines is 4. The Morgan fingerprint density at radius 1 is 0.395 bits per heavy atom. The van der Waals surface area contributed by atoms with Crippen LogP contribution in [0, 0.1) is 0 Å². The lowest BCUT2D eigenvalue weighted by atomic mass is 10.3. The second-order valence-corrected chi connectivity index (χ2v) is 17.1. The molecule has 4 aromatic carbocycles. The van der Waals surface area contributed by atoms with Crippen molar-refractivity contribution in [3.63, 3.8) is 0 Å². The van der Waals surface area contributed by atoms with Gasteiger partial charge in [0.25, 0.3) is 0 Å². The van der Waals surface area contributed by atoms with Gasteiger partial charge in [-0.1, -0.05) is 79.2 Å². The van der Waals surface area contributed by atoms with Gasteiger partial charge in [-0.2, -0.15) is 0 Å². The molecule has 0 spiro atoms. The van der Waals surface area contributed by atoms with Crippen LogP contribution in [-0.4, -0.2) is 67.7 Å². The van der Waals surface area contributed by atoms with Crippen LogP contribution < -0.4 is 40.8 Å². The Kier molecular flexibility index (Phi) is 10.0. The lowest BCUT2D eigenvalue weighted by Gasteiger charge is -2.39. The van der Waals surface area contributed by atoms with Crippen LogP contribution in [0.3, 0.4) is 0 Å². The summed E-state index contributed by atoms with van der Waals surface area (Å²) in [5.41, 5.74) is 6.51. The van der Waals surface area contributed by atoms with E-state index >= 15 is 0 Å². The second-order valence-electron chi connectivity index (χ2n) is 12.3. The van der Waals surface area contributed by atoms with Gasteiger partial charge in [0.05, 0.1) is 0 Å². The maximum absolute atomic E-state index is 2.42. The molecule has 0 saturated heterocycles. The fourth-order valence-corrected chi connectivity index (χ4v) is 14.4. The number of rotatable bonds is 10. The normalized spacial score (nSPS) is 16.5. The molecule has 0 unspecified atom stereocenters. The number of benzene rings is 4. The van der Waals surface area contributed by atoms with Gasteiger partial charge in [0.2, 0.25) is 0 Å². The zero-order valence-electron chi connectivity index (χ0n) is 27.2. The van der Waals surface area contributed by atoms with E-state index in [1.165, 1.54) is 63.2 Å². The fraction of sp³-hybridized carbons (Fsp3) is 0.351. The largest absolute Gasteiger partial charge is 0.377 e. The molecule has 0 heterocycles. The van der Waals surface area contributed by atoms with Crippen LogP contribution in [0.25, 0.3) is 0 Å². The molecule has 4 aromatic rings. The minimum absolute atomic E-state index is 0.564. The molecule has 2 atom stereocenters. The fourth-order valence-electron chi connectivity index (χ4n) is 6.68. The molecule has 0 bridgehead atoms. The molecule has 226 valence electrons. The molecule has 4 nitrogen and oxygen atoms in total. The molecule has 1 fully saturated rings. The average molecular weight is 611 g/mol. The van der Waals surface area contributed by atoms with E-state index in [-0.39, 0.29) is 0 Å². The van der Waals surface area contributed by atoms with Crippen molar-refractivity contribution < 1.29 is 0 Å². The van der Waals surface area contributed by atoms with Crippen molar-refractivity contribution in [3.8, 4) is 0 Å². The van der Waals surface area contributed by atoms with Crippen LogP contribution in [0.2, 0.25) is 0 Å². The number of nitrogens with zero attached hydrogens (tertiary/aromatic N) is 4. The molecule has 1 aliphatic rings. The second kappa shape index (κ2) is 13.7. The van der Waals surface area contributed by atoms with Crippen molar-refractivity contribution in [3.05, 3.63) is 97.1 Å². The maximum atomic E-state index is 2.42. The zero-order valence-corrected chi connectivity index (χ0v) is 29.0. The molecule has 0 N–H and O–H groups in total. The molecule has 0 radical (unpaired) electrons. The van der Waals surface area contributed by atoms with Gasteiger partial charge in [-0.25, -0.2) is 0 Å². The first-order chi connectivity index (χ1) is 20.7. The van der Waals surface area contributed by atoms with E-state index in [0.717, 1.165) is 0 Å². The Morgan fingerprint density at radius 2 is 0.628 bits per heavy atom. The minimum Gasteiger partial charge on any atom is -0.377 e. The summed E-state index contributed by atoms with van der Waals surface area (Å²) in [4.78, 5) is 9.27. The highest BCUT2D eigenvalue weighted by atomic mass is 31.1. The summed E-state index contributed by atoms with van der Waals surface area (Å²) < 4.78 is 0. The summed E-state index contributed by atoms with van der Waals surface area (Å²) >= 11 is 0. The minimum atomic E-state index is -0.655. The Balaban J connectivity index is 1.78. The van der Waals surface area contributed by atoms with E-state index in [1.54, 1.807) is 0 Å². The highest BCUT2D eigenvalue weighted by Gasteiger charge is 2.43. The van der Waals surface area contributed by atoms with E-state index in [4.69, 9.17) is 0 Å². The summed E-state index contributed by atoms with van der Waals surface area (Å²) in [5.74, 6) is 0. The molecule has 0 aromatic heterocycles. The molecule has 43 heavy (non-hydrogen) atoms. The van der Waals surface area contributed by atoms with Crippen LogP contribution in [0.5, 0.6) is 0 Å². The number of hydrogen-bond acceptors (Lipinski definition) is 4. The monoisotopic (exact) mass is 610 g/mol. The van der Waals surface area contributed by atoms with E-state index in [1.807, 2.05) is 0 Å². The smallest absolute Gasteiger partial charge is 0.0442 e. The Morgan fingerprint density at radius 3 is 0.860 bits per heavy atom. The van der Waals surface area contributed by atoms with Crippen LogP contribution >= 0.6 is 15.8 Å². The van der Waals surface area contributed by atoms with E-state index in [9.17, 15) is 0 Å². The quantitative estimate of drug-likeness (QED) is 0.192. The maximum Gasteiger partial charge on any atom is 0.0442 e. The van der Waals surface area contributed by atoms with Gasteiger partial charge < -0.3 is 19.6 Å². The third-order valence-electron chi connectivity index (χ3n) is 8.60. The molecular formula is C37H48N4P2. The van der Waals surface area contributed by atoms with Crippen molar-refractivity contribution in [2.24, 2.45) is 0 Å². The number of para-hydroxylation sites is 4. The van der Waals surface area contributed by atoms with E-state index in [2.05, 4.69) is 173 Å². The van der Waals surface area contributed by atoms with E-state index in [0.29, 0.717) is 11.3 Å². The van der Waals surface area contributed by atoms with Gasteiger partial charge in [-0.3, -0.25) is 0 Å². The average Bonchev–Trinajstić information content (AvgIpc) is 3.47. The lowest BCUT2D eigenvalue weighted by molar-refractivity contribution is 0.888. The van der Waals surface area contributed by atoms with Crippen molar-refractivity contribution in [1.29, 1.82) is 0 Å². The molecule has 5 rings (SSSR count). The first-order valence-electron chi connectivity index (χ1n) is 15.3. The predicted molar refractivity (Wildman–Crippen MR) is 197 cm³/mol. The summed E-state index contributed by atoms with van der Waals surface area (Å²) in [6, 6.07) is 36.8. The third-order valence-corrected chi connectivity index (χ3v) is 15.0. The van der Waals surface area contributed by atoms with Gasteiger partial charge >= 0.3 is 0 Å². The van der Waals surface area contributed by atoms with Crippen LogP contribution in [0.1, 0.15) is 19.3 Å². The van der Waals surface area contributed by atoms with Gasteiger partial charge in [0.15, 0.2) is 0 Å². The SMILES string of the molecule is CN(C)c1ccccc1P(c1ccccc1N(C)C)[C@H]1CCC[C@@H]1P(c1ccccc1N(C)C)c1ccccc1N(C)C. The predicted octanol–water partition coefficient (Wildman–Crippen LogP) is 6.44. The van der Waals surface area contributed by atoms with Gasteiger partial charge in [-0.15, -0.1) is 0 Å². The Labute approximate surface area is 262 Å². The summed E-state index contributed by atoms with van der Waals surface area (Å²) in [5, 5.41) is 6.02. The molecule has 0 aliphatic heterocycles. The number of hydrogen-bond donors (Lipinski definition) is 0. The molecular weight excluding hydrogens is 562 g/mol. The van der Waals surface area contributed by atoms with Gasteiger partial charge in [0, 0.05) is 100 Å².